The molecule has 0 spiro atoms. The third-order valence-electron chi connectivity index (χ3n) is 5.21. The molecule has 3 heterocycles. The van der Waals surface area contributed by atoms with Crippen molar-refractivity contribution in [1.82, 2.24) is 14.7 Å². The number of fused-ring (bicyclic) bond motifs is 1. The molecule has 1 atom stereocenters. The van der Waals surface area contributed by atoms with Crippen LogP contribution in [0.4, 0.5) is 13.2 Å². The number of imidazole rings is 1. The molecule has 0 aliphatic heterocycles. The van der Waals surface area contributed by atoms with Crippen LogP contribution >= 0.6 is 0 Å². The Balaban J connectivity index is 1.58. The Bertz CT molecular complexity index is 1300. The van der Waals surface area contributed by atoms with Crippen LogP contribution in [0.25, 0.3) is 16.8 Å². The normalized spacial score (nSPS) is 12.5. The largest absolute Gasteiger partial charge is 0.472 e. The van der Waals surface area contributed by atoms with Gasteiger partial charge in [0, 0.05) is 29.9 Å². The highest BCUT2D eigenvalue weighted by Crippen LogP contribution is 2.35. The van der Waals surface area contributed by atoms with Gasteiger partial charge in [-0.15, -0.1) is 0 Å². The zero-order chi connectivity index (χ0) is 24.3. The molecular weight excluding hydrogens is 451 g/mol. The number of halogens is 3. The summed E-state index contributed by atoms with van der Waals surface area (Å²) in [6, 6.07) is 10.6. The molecule has 176 valence electrons. The van der Waals surface area contributed by atoms with Gasteiger partial charge in [-0.1, -0.05) is 30.3 Å². The summed E-state index contributed by atoms with van der Waals surface area (Å²) in [6.07, 6.45) is 0.779. The Morgan fingerprint density at radius 2 is 1.91 bits per heavy atom. The van der Waals surface area contributed by atoms with Crippen LogP contribution in [-0.2, 0) is 33.3 Å². The number of nitrogens with one attached hydrogen (secondary N) is 1. The first kappa shape index (κ1) is 23.1. The molecule has 0 saturated carbocycles. The van der Waals surface area contributed by atoms with Gasteiger partial charge in [-0.25, -0.2) is 9.78 Å². The van der Waals surface area contributed by atoms with Crippen LogP contribution in [0.15, 0.2) is 71.8 Å². The van der Waals surface area contributed by atoms with E-state index in [4.69, 9.17) is 9.15 Å². The molecule has 0 saturated heterocycles. The standard InChI is InChI=1S/C24H20F3N3O4/c1-33-23(32)20(9-15-5-3-2-4-6-15)29-21(31)11-18-13-30-12-17(16-7-8-34-14-16)10-19(22(30)28-18)24(25,26)27/h2-8,10,12-14,20H,9,11H2,1H3,(H,29,31). The molecule has 10 heteroatoms. The summed E-state index contributed by atoms with van der Waals surface area (Å²) >= 11 is 0. The average Bonchev–Trinajstić information content (AvgIpc) is 3.47. The molecule has 1 N–H and O–H groups in total. The van der Waals surface area contributed by atoms with Gasteiger partial charge < -0.3 is 18.9 Å². The number of furan rings is 1. The number of nitrogens with zero attached hydrogens (tertiary/aromatic N) is 2. The van der Waals surface area contributed by atoms with Gasteiger partial charge >= 0.3 is 12.1 Å². The number of hydrogen-bond donors (Lipinski definition) is 1. The number of ether oxygens (including phenoxy) is 1. The quantitative estimate of drug-likeness (QED) is 0.411. The summed E-state index contributed by atoms with van der Waals surface area (Å²) in [5.74, 6) is -1.20. The second-order valence-electron chi connectivity index (χ2n) is 7.63. The van der Waals surface area contributed by atoms with Crippen molar-refractivity contribution in [1.29, 1.82) is 0 Å². The zero-order valence-electron chi connectivity index (χ0n) is 18.0. The van der Waals surface area contributed by atoms with Crippen LogP contribution in [0.3, 0.4) is 0 Å². The highest BCUT2D eigenvalue weighted by atomic mass is 19.4. The fraction of sp³-hybridized carbons (Fsp3) is 0.208. The molecule has 0 aliphatic rings. The Kier molecular flexibility index (Phi) is 6.40. The maximum Gasteiger partial charge on any atom is 0.420 e. The number of rotatable bonds is 7. The van der Waals surface area contributed by atoms with E-state index in [1.807, 2.05) is 6.07 Å². The Labute approximate surface area is 192 Å². The monoisotopic (exact) mass is 471 g/mol. The van der Waals surface area contributed by atoms with E-state index in [0.29, 0.717) is 5.56 Å². The first-order valence-electron chi connectivity index (χ1n) is 10.3. The summed E-state index contributed by atoms with van der Waals surface area (Å²) in [4.78, 5) is 28.8. The third-order valence-corrected chi connectivity index (χ3v) is 5.21. The zero-order valence-corrected chi connectivity index (χ0v) is 18.0. The van der Waals surface area contributed by atoms with Crippen LogP contribution in [0.5, 0.6) is 0 Å². The summed E-state index contributed by atoms with van der Waals surface area (Å²) in [5, 5.41) is 2.59. The van der Waals surface area contributed by atoms with E-state index >= 15 is 0 Å². The van der Waals surface area contributed by atoms with Gasteiger partial charge in [0.1, 0.15) is 11.7 Å². The van der Waals surface area contributed by atoms with Crippen LogP contribution in [0.2, 0.25) is 0 Å². The molecule has 7 nitrogen and oxygen atoms in total. The van der Waals surface area contributed by atoms with Gasteiger partial charge in [0.05, 0.1) is 37.3 Å². The van der Waals surface area contributed by atoms with E-state index in [0.717, 1.165) is 11.6 Å². The number of hydrogen-bond acceptors (Lipinski definition) is 5. The number of carbonyl (C=O) groups excluding carboxylic acids is 2. The van der Waals surface area contributed by atoms with Crippen molar-refractivity contribution in [3.05, 3.63) is 84.2 Å². The minimum Gasteiger partial charge on any atom is -0.472 e. The molecule has 0 radical (unpaired) electrons. The predicted octanol–water partition coefficient (Wildman–Crippen LogP) is 4.06. The van der Waals surface area contributed by atoms with Crippen molar-refractivity contribution in [2.24, 2.45) is 0 Å². The van der Waals surface area contributed by atoms with Crippen LogP contribution in [0.1, 0.15) is 16.8 Å². The summed E-state index contributed by atoms with van der Waals surface area (Å²) in [6.45, 7) is 0. The summed E-state index contributed by atoms with van der Waals surface area (Å²) in [7, 11) is 1.21. The highest BCUT2D eigenvalue weighted by molar-refractivity contribution is 5.85. The van der Waals surface area contributed by atoms with Gasteiger partial charge in [-0.05, 0) is 17.7 Å². The first-order valence-corrected chi connectivity index (χ1v) is 10.3. The topological polar surface area (TPSA) is 85.8 Å². The minimum atomic E-state index is -4.66. The molecule has 1 aromatic carbocycles. The lowest BCUT2D eigenvalue weighted by Gasteiger charge is -2.16. The third kappa shape index (κ3) is 5.11. The van der Waals surface area contributed by atoms with E-state index in [9.17, 15) is 22.8 Å². The number of alkyl halides is 3. The SMILES string of the molecule is COC(=O)C(Cc1ccccc1)NC(=O)Cc1cn2cc(-c3ccoc3)cc(C(F)(F)F)c2n1. The second-order valence-corrected chi connectivity index (χ2v) is 7.63. The average molecular weight is 471 g/mol. The van der Waals surface area contributed by atoms with Crippen molar-refractivity contribution < 1.29 is 31.9 Å². The van der Waals surface area contributed by atoms with Gasteiger partial charge in [-0.3, -0.25) is 4.79 Å². The molecule has 1 unspecified atom stereocenters. The first-order chi connectivity index (χ1) is 16.2. The molecular formula is C24H20F3N3O4. The molecule has 4 rings (SSSR count). The predicted molar refractivity (Wildman–Crippen MR) is 116 cm³/mol. The lowest BCUT2D eigenvalue weighted by molar-refractivity contribution is -0.145. The number of amides is 1. The van der Waals surface area contributed by atoms with Gasteiger partial charge in [0.25, 0.3) is 0 Å². The maximum atomic E-state index is 13.7. The van der Waals surface area contributed by atoms with Crippen molar-refractivity contribution >= 4 is 17.5 Å². The number of benzene rings is 1. The lowest BCUT2D eigenvalue weighted by atomic mass is 10.1. The van der Waals surface area contributed by atoms with E-state index in [1.165, 1.54) is 36.4 Å². The number of pyridine rings is 1. The molecule has 4 aromatic rings. The maximum absolute atomic E-state index is 13.7. The van der Waals surface area contributed by atoms with E-state index in [1.54, 1.807) is 30.3 Å². The van der Waals surface area contributed by atoms with Crippen molar-refractivity contribution in [2.45, 2.75) is 25.1 Å². The van der Waals surface area contributed by atoms with Crippen LogP contribution in [-0.4, -0.2) is 34.4 Å². The van der Waals surface area contributed by atoms with Gasteiger partial charge in [0.15, 0.2) is 0 Å². The number of aromatic nitrogens is 2. The van der Waals surface area contributed by atoms with E-state index in [-0.39, 0.29) is 29.7 Å². The Morgan fingerprint density at radius 1 is 1.15 bits per heavy atom. The van der Waals surface area contributed by atoms with Gasteiger partial charge in [-0.2, -0.15) is 13.2 Å². The minimum absolute atomic E-state index is 0.121. The van der Waals surface area contributed by atoms with Gasteiger partial charge in [0.2, 0.25) is 5.91 Å². The number of esters is 1. The van der Waals surface area contributed by atoms with Crippen LogP contribution in [0, 0.1) is 0 Å². The molecule has 0 bridgehead atoms. The molecule has 0 fully saturated rings. The Hall–Kier alpha value is -4.08. The van der Waals surface area contributed by atoms with Crippen molar-refractivity contribution in [3.8, 4) is 11.1 Å². The molecule has 34 heavy (non-hydrogen) atoms. The highest BCUT2D eigenvalue weighted by Gasteiger charge is 2.35. The second kappa shape index (κ2) is 9.42. The fourth-order valence-corrected chi connectivity index (χ4v) is 3.62. The Morgan fingerprint density at radius 3 is 2.56 bits per heavy atom. The summed E-state index contributed by atoms with van der Waals surface area (Å²) in [5.41, 5.74) is 0.437. The molecule has 0 aliphatic carbocycles. The molecule has 1 amide bonds. The number of methoxy groups -OCH3 is 1. The lowest BCUT2D eigenvalue weighted by Crippen LogP contribution is -2.43. The molecule has 3 aromatic heterocycles. The fourth-order valence-electron chi connectivity index (χ4n) is 3.62. The van der Waals surface area contributed by atoms with Crippen molar-refractivity contribution in [2.75, 3.05) is 7.11 Å². The summed E-state index contributed by atoms with van der Waals surface area (Å²) < 4.78 is 52.1. The van der Waals surface area contributed by atoms with Crippen LogP contribution < -0.4 is 5.32 Å². The van der Waals surface area contributed by atoms with E-state index < -0.39 is 29.7 Å². The van der Waals surface area contributed by atoms with E-state index in [2.05, 4.69) is 10.3 Å². The smallest absolute Gasteiger partial charge is 0.420 e. The number of carbonyl (C=O) groups is 2. The van der Waals surface area contributed by atoms with Crippen molar-refractivity contribution in [3.63, 3.8) is 0 Å².